The normalized spacial score (nSPS) is 10.6. The van der Waals surface area contributed by atoms with Crippen LogP contribution in [0.5, 0.6) is 0 Å². The number of halogens is 1. The lowest BCUT2D eigenvalue weighted by molar-refractivity contribution is 0.103. The molecule has 0 atom stereocenters. The molecule has 0 heterocycles. The van der Waals surface area contributed by atoms with Crippen molar-refractivity contribution in [1.82, 2.24) is 0 Å². The molecule has 1 nitrogen and oxygen atoms in total. The number of aryl methyl sites for hydroxylation is 4. The molecule has 0 aliphatic carbocycles. The summed E-state index contributed by atoms with van der Waals surface area (Å²) in [4.78, 5) is 12.6. The van der Waals surface area contributed by atoms with Crippen LogP contribution in [0.25, 0.3) is 0 Å². The van der Waals surface area contributed by atoms with Crippen molar-refractivity contribution < 1.29 is 9.18 Å². The third-order valence-electron chi connectivity index (χ3n) is 3.35. The lowest BCUT2D eigenvalue weighted by Crippen LogP contribution is -2.08. The molecule has 0 aliphatic rings. The molecule has 0 fully saturated rings. The highest BCUT2D eigenvalue weighted by Crippen LogP contribution is 2.22. The highest BCUT2D eigenvalue weighted by Gasteiger charge is 2.17. The molecule has 0 unspecified atom stereocenters. The Kier molecular flexibility index (Phi) is 3.52. The van der Waals surface area contributed by atoms with Crippen molar-refractivity contribution in [3.8, 4) is 0 Å². The number of hydrogen-bond donors (Lipinski definition) is 0. The van der Waals surface area contributed by atoms with E-state index in [1.54, 1.807) is 13.8 Å². The third-order valence-corrected chi connectivity index (χ3v) is 3.35. The van der Waals surface area contributed by atoms with E-state index in [0.717, 1.165) is 11.1 Å². The van der Waals surface area contributed by atoms with Crippen LogP contribution in [0.3, 0.4) is 0 Å². The van der Waals surface area contributed by atoms with Crippen LogP contribution in [0.2, 0.25) is 0 Å². The van der Waals surface area contributed by atoms with Gasteiger partial charge in [-0.05, 0) is 56.5 Å². The predicted octanol–water partition coefficient (Wildman–Crippen LogP) is 4.29. The summed E-state index contributed by atoms with van der Waals surface area (Å²) < 4.78 is 13.3. The second kappa shape index (κ2) is 4.96. The Balaban J connectivity index is 2.56. The molecule has 0 N–H and O–H groups in total. The van der Waals surface area contributed by atoms with Crippen LogP contribution < -0.4 is 0 Å². The van der Waals surface area contributed by atoms with Gasteiger partial charge in [-0.2, -0.15) is 0 Å². The molecule has 0 spiro atoms. The van der Waals surface area contributed by atoms with E-state index in [1.165, 1.54) is 12.1 Å². The van der Waals surface area contributed by atoms with Gasteiger partial charge in [-0.3, -0.25) is 4.79 Å². The topological polar surface area (TPSA) is 17.1 Å². The highest BCUT2D eigenvalue weighted by atomic mass is 19.1. The average Bonchev–Trinajstić information content (AvgIpc) is 2.26. The summed E-state index contributed by atoms with van der Waals surface area (Å²) in [6.45, 7) is 7.46. The predicted molar refractivity (Wildman–Crippen MR) is 75.2 cm³/mol. The molecular weight excluding hydrogens is 239 g/mol. The number of carbonyl (C=O) groups is 1. The Bertz CT molecular complexity index is 633. The number of benzene rings is 2. The summed E-state index contributed by atoms with van der Waals surface area (Å²) in [6, 6.07) is 8.57. The van der Waals surface area contributed by atoms with Gasteiger partial charge in [0.05, 0.1) is 0 Å². The maximum Gasteiger partial charge on any atom is 0.193 e. The third kappa shape index (κ3) is 2.58. The molecule has 0 bridgehead atoms. The van der Waals surface area contributed by atoms with Crippen LogP contribution in [0.1, 0.15) is 38.2 Å². The Hall–Kier alpha value is -1.96. The first kappa shape index (κ1) is 13.5. The summed E-state index contributed by atoms with van der Waals surface area (Å²) in [6.07, 6.45) is 0. The van der Waals surface area contributed by atoms with E-state index in [4.69, 9.17) is 0 Å². The monoisotopic (exact) mass is 256 g/mol. The Morgan fingerprint density at radius 1 is 0.895 bits per heavy atom. The van der Waals surface area contributed by atoms with Crippen molar-refractivity contribution in [2.24, 2.45) is 0 Å². The molecule has 0 amide bonds. The van der Waals surface area contributed by atoms with Gasteiger partial charge in [0.25, 0.3) is 0 Å². The number of hydrogen-bond acceptors (Lipinski definition) is 1. The minimum absolute atomic E-state index is 0.0347. The zero-order valence-electron chi connectivity index (χ0n) is 11.7. The van der Waals surface area contributed by atoms with E-state index in [-0.39, 0.29) is 11.6 Å². The van der Waals surface area contributed by atoms with Gasteiger partial charge in [0, 0.05) is 11.1 Å². The molecular formula is C17H17FO. The fraction of sp³-hybridized carbons (Fsp3) is 0.235. The Labute approximate surface area is 113 Å². The number of carbonyl (C=O) groups excluding carboxylic acids is 1. The highest BCUT2D eigenvalue weighted by molar-refractivity contribution is 6.11. The molecule has 2 aromatic carbocycles. The van der Waals surface area contributed by atoms with E-state index >= 15 is 0 Å². The lowest BCUT2D eigenvalue weighted by Gasteiger charge is -2.11. The quantitative estimate of drug-likeness (QED) is 0.732. The van der Waals surface area contributed by atoms with Crippen molar-refractivity contribution in [2.45, 2.75) is 27.7 Å². The summed E-state index contributed by atoms with van der Waals surface area (Å²) in [5.74, 6) is -0.334. The summed E-state index contributed by atoms with van der Waals surface area (Å²) in [7, 11) is 0. The van der Waals surface area contributed by atoms with Gasteiger partial charge in [-0.1, -0.05) is 23.8 Å². The molecule has 0 aliphatic heterocycles. The zero-order valence-corrected chi connectivity index (χ0v) is 11.7. The Morgan fingerprint density at radius 2 is 1.47 bits per heavy atom. The van der Waals surface area contributed by atoms with Crippen LogP contribution in [0.4, 0.5) is 4.39 Å². The molecule has 2 aromatic rings. The minimum atomic E-state index is -0.299. The van der Waals surface area contributed by atoms with Crippen molar-refractivity contribution in [3.05, 3.63) is 69.5 Å². The first-order valence-corrected chi connectivity index (χ1v) is 6.29. The maximum atomic E-state index is 13.3. The Morgan fingerprint density at radius 3 is 2.00 bits per heavy atom. The van der Waals surface area contributed by atoms with Crippen LogP contribution >= 0.6 is 0 Å². The standard InChI is InChI=1S/C17H17FO/c1-10-5-6-15(11(2)7-10)17(19)16-12(3)8-14(18)9-13(16)4/h5-9H,1-4H3. The van der Waals surface area contributed by atoms with E-state index in [2.05, 4.69) is 0 Å². The van der Waals surface area contributed by atoms with E-state index in [9.17, 15) is 9.18 Å². The molecule has 0 saturated carbocycles. The van der Waals surface area contributed by atoms with Crippen LogP contribution in [0.15, 0.2) is 30.3 Å². The summed E-state index contributed by atoms with van der Waals surface area (Å²) in [5.41, 5.74) is 4.73. The maximum absolute atomic E-state index is 13.3. The summed E-state index contributed by atoms with van der Waals surface area (Å²) in [5, 5.41) is 0. The van der Waals surface area contributed by atoms with Gasteiger partial charge in [0.1, 0.15) is 5.82 Å². The number of ketones is 1. The van der Waals surface area contributed by atoms with Gasteiger partial charge in [0.2, 0.25) is 0 Å². The first-order valence-electron chi connectivity index (χ1n) is 6.29. The van der Waals surface area contributed by atoms with Gasteiger partial charge in [-0.15, -0.1) is 0 Å². The van der Waals surface area contributed by atoms with Crippen LogP contribution in [0, 0.1) is 33.5 Å². The van der Waals surface area contributed by atoms with Crippen molar-refractivity contribution in [3.63, 3.8) is 0 Å². The number of rotatable bonds is 2. The lowest BCUT2D eigenvalue weighted by atomic mass is 9.92. The SMILES string of the molecule is Cc1ccc(C(=O)c2c(C)cc(F)cc2C)c(C)c1. The van der Waals surface area contributed by atoms with Crippen molar-refractivity contribution >= 4 is 5.78 Å². The van der Waals surface area contributed by atoms with Crippen LogP contribution in [-0.4, -0.2) is 5.78 Å². The molecule has 0 saturated heterocycles. The van der Waals surface area contributed by atoms with Gasteiger partial charge < -0.3 is 0 Å². The second-order valence-corrected chi connectivity index (χ2v) is 5.06. The van der Waals surface area contributed by atoms with Crippen molar-refractivity contribution in [1.29, 1.82) is 0 Å². The largest absolute Gasteiger partial charge is 0.289 e. The molecule has 0 radical (unpaired) electrons. The van der Waals surface area contributed by atoms with Crippen LogP contribution in [-0.2, 0) is 0 Å². The minimum Gasteiger partial charge on any atom is -0.289 e. The molecule has 2 heteroatoms. The molecule has 2 rings (SSSR count). The second-order valence-electron chi connectivity index (χ2n) is 5.06. The van der Waals surface area contributed by atoms with E-state index < -0.39 is 0 Å². The molecule has 0 aromatic heterocycles. The fourth-order valence-electron chi connectivity index (χ4n) is 2.47. The summed E-state index contributed by atoms with van der Waals surface area (Å²) >= 11 is 0. The zero-order chi connectivity index (χ0) is 14.2. The molecule has 98 valence electrons. The van der Waals surface area contributed by atoms with Gasteiger partial charge in [0.15, 0.2) is 5.78 Å². The van der Waals surface area contributed by atoms with E-state index in [1.807, 2.05) is 32.0 Å². The van der Waals surface area contributed by atoms with E-state index in [0.29, 0.717) is 22.3 Å². The fourth-order valence-corrected chi connectivity index (χ4v) is 2.47. The average molecular weight is 256 g/mol. The van der Waals surface area contributed by atoms with Gasteiger partial charge in [-0.25, -0.2) is 4.39 Å². The first-order chi connectivity index (χ1) is 8.90. The molecule has 19 heavy (non-hydrogen) atoms. The van der Waals surface area contributed by atoms with Crippen molar-refractivity contribution in [2.75, 3.05) is 0 Å². The smallest absolute Gasteiger partial charge is 0.193 e. The van der Waals surface area contributed by atoms with Gasteiger partial charge >= 0.3 is 0 Å².